The van der Waals surface area contributed by atoms with E-state index in [9.17, 15) is 4.79 Å². The number of benzene rings is 1. The molecule has 2 aliphatic rings. The summed E-state index contributed by atoms with van der Waals surface area (Å²) in [6.45, 7) is 3.19. The van der Waals surface area contributed by atoms with Crippen LogP contribution in [0.15, 0.2) is 34.9 Å². The zero-order valence-corrected chi connectivity index (χ0v) is 13.7. The molecule has 132 valence electrons. The Morgan fingerprint density at radius 1 is 1.20 bits per heavy atom. The predicted octanol–water partition coefficient (Wildman–Crippen LogP) is 0.958. The van der Waals surface area contributed by atoms with Crippen LogP contribution >= 0.6 is 0 Å². The first-order valence-electron chi connectivity index (χ1n) is 8.36. The lowest BCUT2D eigenvalue weighted by Gasteiger charge is -2.29. The maximum absolute atomic E-state index is 11.1. The Hall–Kier alpha value is -2.45. The first kappa shape index (κ1) is 16.0. The lowest BCUT2D eigenvalue weighted by molar-refractivity contribution is -0.138. The average Bonchev–Trinajstić information content (AvgIpc) is 2.91. The molecule has 0 radical (unpaired) electrons. The van der Waals surface area contributed by atoms with E-state index in [1.165, 1.54) is 0 Å². The van der Waals surface area contributed by atoms with Crippen LogP contribution in [-0.2, 0) is 9.53 Å². The van der Waals surface area contributed by atoms with Crippen LogP contribution in [0.25, 0.3) is 11.4 Å². The molecular weight excluding hydrogens is 324 g/mol. The molecule has 2 aliphatic heterocycles. The van der Waals surface area contributed by atoms with Crippen LogP contribution in [0.5, 0.6) is 0 Å². The Morgan fingerprint density at radius 2 is 2.04 bits per heavy atom. The molecule has 1 N–H and O–H groups in total. The average molecular weight is 344 g/mol. The van der Waals surface area contributed by atoms with Crippen molar-refractivity contribution in [3.63, 3.8) is 0 Å². The Labute approximate surface area is 145 Å². The van der Waals surface area contributed by atoms with Gasteiger partial charge in [0.1, 0.15) is 0 Å². The molecule has 0 aliphatic carbocycles. The lowest BCUT2D eigenvalue weighted by Crippen LogP contribution is -2.45. The highest BCUT2D eigenvalue weighted by molar-refractivity contribution is 5.69. The van der Waals surface area contributed by atoms with E-state index >= 15 is 0 Å². The minimum atomic E-state index is -0.809. The number of fused-ring (bicyclic) bond motifs is 3. The van der Waals surface area contributed by atoms with Crippen molar-refractivity contribution in [3.05, 3.63) is 30.3 Å². The van der Waals surface area contributed by atoms with Crippen molar-refractivity contribution in [3.8, 4) is 11.4 Å². The summed E-state index contributed by atoms with van der Waals surface area (Å²) in [6, 6.07) is 10.1. The third-order valence-corrected chi connectivity index (χ3v) is 4.60. The van der Waals surface area contributed by atoms with Crippen LogP contribution in [0.2, 0.25) is 0 Å². The normalized spacial score (nSPS) is 24.1. The van der Waals surface area contributed by atoms with Crippen molar-refractivity contribution in [1.29, 1.82) is 0 Å². The number of nitrogens with zero attached hydrogens (tertiary/aromatic N) is 4. The van der Waals surface area contributed by atoms with Gasteiger partial charge in [0.15, 0.2) is 0 Å². The minimum Gasteiger partial charge on any atom is -0.480 e. The summed E-state index contributed by atoms with van der Waals surface area (Å²) in [4.78, 5) is 19.7. The molecule has 2 bridgehead atoms. The van der Waals surface area contributed by atoms with Gasteiger partial charge in [-0.3, -0.25) is 9.69 Å². The molecule has 2 saturated heterocycles. The molecule has 2 fully saturated rings. The summed E-state index contributed by atoms with van der Waals surface area (Å²) in [5.74, 6) is -0.0479. The zero-order valence-electron chi connectivity index (χ0n) is 13.7. The third-order valence-electron chi connectivity index (χ3n) is 4.60. The van der Waals surface area contributed by atoms with E-state index < -0.39 is 5.97 Å². The standard InChI is InChI=1S/C17H20N4O4/c22-15(23)9-20-6-12-7-21(14(8-20)11-24-10-12)17-18-16(19-25-17)13-4-2-1-3-5-13/h1-5,12,14H,6-11H2,(H,22,23)/t12-,14-/m0/s1. The molecule has 4 rings (SSSR count). The summed E-state index contributed by atoms with van der Waals surface area (Å²) >= 11 is 0. The smallest absolute Gasteiger partial charge is 0.324 e. The summed E-state index contributed by atoms with van der Waals surface area (Å²) in [6.07, 6.45) is 0. The van der Waals surface area contributed by atoms with Crippen LogP contribution in [0.4, 0.5) is 6.01 Å². The Balaban J connectivity index is 1.58. The van der Waals surface area contributed by atoms with Crippen LogP contribution < -0.4 is 4.90 Å². The molecule has 0 unspecified atom stereocenters. The predicted molar refractivity (Wildman–Crippen MR) is 89.3 cm³/mol. The first-order chi connectivity index (χ1) is 12.2. The van der Waals surface area contributed by atoms with Gasteiger partial charge in [-0.2, -0.15) is 4.98 Å². The lowest BCUT2D eigenvalue weighted by atomic mass is 10.1. The fourth-order valence-electron chi connectivity index (χ4n) is 3.53. The summed E-state index contributed by atoms with van der Waals surface area (Å²) in [5, 5.41) is 13.2. The number of carboxylic acid groups (broad SMARTS) is 1. The van der Waals surface area contributed by atoms with Crippen molar-refractivity contribution in [2.45, 2.75) is 6.04 Å². The molecule has 3 heterocycles. The van der Waals surface area contributed by atoms with Crippen molar-refractivity contribution in [2.24, 2.45) is 5.92 Å². The van der Waals surface area contributed by atoms with Crippen molar-refractivity contribution in [2.75, 3.05) is 44.3 Å². The van der Waals surface area contributed by atoms with Gasteiger partial charge in [0.2, 0.25) is 5.82 Å². The monoisotopic (exact) mass is 344 g/mol. The number of aliphatic carboxylic acids is 1. The second-order valence-corrected chi connectivity index (χ2v) is 6.56. The highest BCUT2D eigenvalue weighted by Crippen LogP contribution is 2.26. The second kappa shape index (κ2) is 6.81. The fraction of sp³-hybridized carbons (Fsp3) is 0.471. The maximum atomic E-state index is 11.1. The molecule has 2 atom stereocenters. The first-order valence-corrected chi connectivity index (χ1v) is 8.36. The van der Waals surface area contributed by atoms with Crippen molar-refractivity contribution in [1.82, 2.24) is 15.0 Å². The van der Waals surface area contributed by atoms with Crippen molar-refractivity contribution < 1.29 is 19.2 Å². The maximum Gasteiger partial charge on any atom is 0.324 e. The van der Waals surface area contributed by atoms with Gasteiger partial charge in [-0.05, 0) is 0 Å². The van der Waals surface area contributed by atoms with E-state index in [2.05, 4.69) is 15.0 Å². The highest BCUT2D eigenvalue weighted by atomic mass is 16.5. The number of ether oxygens (including phenoxy) is 1. The van der Waals surface area contributed by atoms with E-state index in [-0.39, 0.29) is 18.5 Å². The van der Waals surface area contributed by atoms with Gasteiger partial charge in [-0.15, -0.1) is 0 Å². The zero-order chi connectivity index (χ0) is 17.2. The Morgan fingerprint density at radius 3 is 2.84 bits per heavy atom. The third kappa shape index (κ3) is 3.49. The molecule has 25 heavy (non-hydrogen) atoms. The number of carboxylic acids is 1. The number of aromatic nitrogens is 2. The minimum absolute atomic E-state index is 0.00377. The van der Waals surface area contributed by atoms with Gasteiger partial charge in [0.25, 0.3) is 0 Å². The quantitative estimate of drug-likeness (QED) is 0.877. The molecule has 0 amide bonds. The largest absolute Gasteiger partial charge is 0.480 e. The number of carbonyl (C=O) groups is 1. The topological polar surface area (TPSA) is 91.9 Å². The van der Waals surface area contributed by atoms with E-state index in [1.807, 2.05) is 35.2 Å². The number of rotatable bonds is 4. The van der Waals surface area contributed by atoms with Crippen LogP contribution in [0.1, 0.15) is 0 Å². The molecule has 0 spiro atoms. The molecule has 2 aromatic rings. The van der Waals surface area contributed by atoms with Gasteiger partial charge >= 0.3 is 12.0 Å². The Bertz CT molecular complexity index is 735. The SMILES string of the molecule is O=C(O)CN1C[C@@H]2COC[C@H](C1)N(c1nc(-c3ccccc3)no1)C2. The Kier molecular flexibility index (Phi) is 4.37. The van der Waals surface area contributed by atoms with Crippen molar-refractivity contribution >= 4 is 12.0 Å². The summed E-state index contributed by atoms with van der Waals surface area (Å²) in [7, 11) is 0. The number of anilines is 1. The molecule has 1 aromatic carbocycles. The number of hydrogen-bond donors (Lipinski definition) is 1. The van der Waals surface area contributed by atoms with Crippen LogP contribution in [0.3, 0.4) is 0 Å². The van der Waals surface area contributed by atoms with Crippen LogP contribution in [0, 0.1) is 5.92 Å². The van der Waals surface area contributed by atoms with E-state index in [0.717, 1.165) is 12.1 Å². The van der Waals surface area contributed by atoms with Gasteiger partial charge in [-0.1, -0.05) is 35.5 Å². The van der Waals surface area contributed by atoms with Gasteiger partial charge in [0, 0.05) is 31.1 Å². The molecular formula is C17H20N4O4. The molecule has 0 saturated carbocycles. The molecule has 8 nitrogen and oxygen atoms in total. The van der Waals surface area contributed by atoms with E-state index in [0.29, 0.717) is 38.1 Å². The second-order valence-electron chi connectivity index (χ2n) is 6.56. The molecule has 8 heteroatoms. The highest BCUT2D eigenvalue weighted by Gasteiger charge is 2.36. The van der Waals surface area contributed by atoms with Gasteiger partial charge in [0.05, 0.1) is 25.8 Å². The molecule has 1 aromatic heterocycles. The number of hydrogen-bond acceptors (Lipinski definition) is 7. The van der Waals surface area contributed by atoms with E-state index in [4.69, 9.17) is 14.4 Å². The summed E-state index contributed by atoms with van der Waals surface area (Å²) in [5.41, 5.74) is 0.902. The van der Waals surface area contributed by atoms with Gasteiger partial charge in [-0.25, -0.2) is 0 Å². The van der Waals surface area contributed by atoms with E-state index in [1.54, 1.807) is 0 Å². The summed E-state index contributed by atoms with van der Waals surface area (Å²) < 4.78 is 11.3. The van der Waals surface area contributed by atoms with Crippen LogP contribution in [-0.4, -0.2) is 71.6 Å². The van der Waals surface area contributed by atoms with Gasteiger partial charge < -0.3 is 19.3 Å². The fourth-order valence-corrected chi connectivity index (χ4v) is 3.53.